The molecule has 0 aromatic carbocycles. The van der Waals surface area contributed by atoms with Crippen LogP contribution in [0.2, 0.25) is 0 Å². The lowest BCUT2D eigenvalue weighted by Crippen LogP contribution is -2.47. The minimum atomic E-state index is 0.167. The molecule has 1 aliphatic rings. The number of aliphatic hydroxyl groups is 1. The maximum Gasteiger partial charge on any atom is 0.208 e. The van der Waals surface area contributed by atoms with Crippen LogP contribution < -0.4 is 11.3 Å². The summed E-state index contributed by atoms with van der Waals surface area (Å²) in [5.74, 6) is 5.93. The largest absolute Gasteiger partial charge is 0.394 e. The number of hydrogen-bond acceptors (Lipinski definition) is 3. The molecule has 70 valence electrons. The molecule has 1 rings (SSSR count). The highest BCUT2D eigenvalue weighted by Gasteiger charge is 2.25. The first-order chi connectivity index (χ1) is 5.83. The quantitative estimate of drug-likeness (QED) is 0.203. The van der Waals surface area contributed by atoms with E-state index in [0.717, 1.165) is 19.4 Å². The van der Waals surface area contributed by atoms with Crippen molar-refractivity contribution >= 4 is 5.96 Å². The molecule has 0 saturated carbocycles. The molecule has 5 nitrogen and oxygen atoms in total. The van der Waals surface area contributed by atoms with Gasteiger partial charge in [0.2, 0.25) is 5.96 Å². The zero-order valence-corrected chi connectivity index (χ0v) is 7.32. The van der Waals surface area contributed by atoms with Crippen LogP contribution in [-0.2, 0) is 0 Å². The molecule has 12 heavy (non-hydrogen) atoms. The molecule has 1 fully saturated rings. The van der Waals surface area contributed by atoms with Gasteiger partial charge < -0.3 is 10.0 Å². The second-order valence-corrected chi connectivity index (χ2v) is 2.86. The highest BCUT2D eigenvalue weighted by molar-refractivity contribution is 5.79. The molecule has 1 atom stereocenters. The topological polar surface area (TPSA) is 73.9 Å². The highest BCUT2D eigenvalue weighted by Crippen LogP contribution is 2.15. The molecule has 0 bridgehead atoms. The third kappa shape index (κ3) is 1.67. The lowest BCUT2D eigenvalue weighted by atomic mass is 10.2. The first kappa shape index (κ1) is 9.28. The number of aliphatic imine (C=N–C) groups is 1. The Balaban J connectivity index is 2.60. The van der Waals surface area contributed by atoms with Gasteiger partial charge >= 0.3 is 0 Å². The zero-order valence-electron chi connectivity index (χ0n) is 7.32. The number of guanidine groups is 1. The number of hydrazine groups is 1. The fourth-order valence-electron chi connectivity index (χ4n) is 1.58. The van der Waals surface area contributed by atoms with Crippen LogP contribution in [0.15, 0.2) is 4.99 Å². The van der Waals surface area contributed by atoms with Crippen molar-refractivity contribution in [1.82, 2.24) is 10.3 Å². The van der Waals surface area contributed by atoms with Gasteiger partial charge in [-0.1, -0.05) is 0 Å². The van der Waals surface area contributed by atoms with E-state index in [-0.39, 0.29) is 12.6 Å². The van der Waals surface area contributed by atoms with Crippen LogP contribution in [0.25, 0.3) is 0 Å². The zero-order chi connectivity index (χ0) is 8.97. The molecule has 0 aromatic heterocycles. The average molecular weight is 172 g/mol. The normalized spacial score (nSPS) is 24.8. The molecule has 1 aliphatic heterocycles. The molecule has 1 saturated heterocycles. The Kier molecular flexibility index (Phi) is 3.31. The predicted molar refractivity (Wildman–Crippen MR) is 47.5 cm³/mol. The number of nitrogens with two attached hydrogens (primary N) is 1. The summed E-state index contributed by atoms with van der Waals surface area (Å²) in [5, 5.41) is 9.01. The van der Waals surface area contributed by atoms with Crippen LogP contribution in [-0.4, -0.2) is 42.2 Å². The average Bonchev–Trinajstić information content (AvgIpc) is 2.55. The SMILES string of the molecule is CN=C(NN)N1CCC[C@H]1CO. The maximum atomic E-state index is 9.01. The number of nitrogens with zero attached hydrogens (tertiary/aromatic N) is 2. The summed E-state index contributed by atoms with van der Waals surface area (Å²) < 4.78 is 0. The molecular formula is C7H16N4O. The van der Waals surface area contributed by atoms with E-state index in [1.165, 1.54) is 0 Å². The third-order valence-corrected chi connectivity index (χ3v) is 2.20. The Bertz CT molecular complexity index is 171. The standard InChI is InChI=1S/C7H16N4O/c1-9-7(10-8)11-4-2-3-6(11)5-12/h6,12H,2-5,8H2,1H3,(H,9,10)/t6-/m0/s1. The third-order valence-electron chi connectivity index (χ3n) is 2.20. The molecule has 0 aromatic rings. The predicted octanol–water partition coefficient (Wildman–Crippen LogP) is -1.11. The van der Waals surface area contributed by atoms with Gasteiger partial charge in [0, 0.05) is 13.6 Å². The van der Waals surface area contributed by atoms with Crippen LogP contribution in [0.1, 0.15) is 12.8 Å². The van der Waals surface area contributed by atoms with Crippen LogP contribution >= 0.6 is 0 Å². The summed E-state index contributed by atoms with van der Waals surface area (Å²) in [4.78, 5) is 5.98. The molecule has 0 amide bonds. The number of aliphatic hydroxyl groups excluding tert-OH is 1. The lowest BCUT2D eigenvalue weighted by Gasteiger charge is -2.25. The van der Waals surface area contributed by atoms with E-state index in [0.29, 0.717) is 5.96 Å². The van der Waals surface area contributed by atoms with Crippen LogP contribution in [0.3, 0.4) is 0 Å². The second-order valence-electron chi connectivity index (χ2n) is 2.86. The molecule has 0 radical (unpaired) electrons. The molecule has 1 heterocycles. The number of hydrogen-bond donors (Lipinski definition) is 3. The molecular weight excluding hydrogens is 156 g/mol. The van der Waals surface area contributed by atoms with Gasteiger partial charge in [0.1, 0.15) is 0 Å². The van der Waals surface area contributed by atoms with Gasteiger partial charge in [-0.15, -0.1) is 0 Å². The molecule has 0 unspecified atom stereocenters. The van der Waals surface area contributed by atoms with Gasteiger partial charge in [0.25, 0.3) is 0 Å². The van der Waals surface area contributed by atoms with Crippen molar-refractivity contribution in [1.29, 1.82) is 0 Å². The summed E-state index contributed by atoms with van der Waals surface area (Å²) in [5.41, 5.74) is 2.52. The van der Waals surface area contributed by atoms with Crippen molar-refractivity contribution in [3.63, 3.8) is 0 Å². The molecule has 0 spiro atoms. The van der Waals surface area contributed by atoms with E-state index >= 15 is 0 Å². The maximum absolute atomic E-state index is 9.01. The van der Waals surface area contributed by atoms with Crippen molar-refractivity contribution in [2.24, 2.45) is 10.8 Å². The minimum absolute atomic E-state index is 0.167. The van der Waals surface area contributed by atoms with E-state index in [1.807, 2.05) is 4.90 Å². The fourth-order valence-corrected chi connectivity index (χ4v) is 1.58. The first-order valence-corrected chi connectivity index (χ1v) is 4.14. The van der Waals surface area contributed by atoms with Crippen molar-refractivity contribution < 1.29 is 5.11 Å². The van der Waals surface area contributed by atoms with Gasteiger partial charge in [0.15, 0.2) is 0 Å². The summed E-state index contributed by atoms with van der Waals surface area (Å²) in [6.07, 6.45) is 2.10. The van der Waals surface area contributed by atoms with Crippen molar-refractivity contribution in [2.45, 2.75) is 18.9 Å². The Morgan fingerprint density at radius 1 is 1.83 bits per heavy atom. The van der Waals surface area contributed by atoms with Crippen LogP contribution in [0.4, 0.5) is 0 Å². The van der Waals surface area contributed by atoms with Gasteiger partial charge in [-0.3, -0.25) is 10.4 Å². The van der Waals surface area contributed by atoms with Gasteiger partial charge in [-0.2, -0.15) is 0 Å². The van der Waals surface area contributed by atoms with Gasteiger partial charge in [0.05, 0.1) is 12.6 Å². The van der Waals surface area contributed by atoms with Crippen molar-refractivity contribution in [3.8, 4) is 0 Å². The molecule has 5 heteroatoms. The lowest BCUT2D eigenvalue weighted by molar-refractivity contribution is 0.205. The van der Waals surface area contributed by atoms with E-state index < -0.39 is 0 Å². The molecule has 0 aliphatic carbocycles. The van der Waals surface area contributed by atoms with E-state index in [4.69, 9.17) is 10.9 Å². The van der Waals surface area contributed by atoms with Crippen LogP contribution in [0.5, 0.6) is 0 Å². The fraction of sp³-hybridized carbons (Fsp3) is 0.857. The summed E-state index contributed by atoms with van der Waals surface area (Å²) in [7, 11) is 1.68. The number of likely N-dealkylation sites (tertiary alicyclic amines) is 1. The smallest absolute Gasteiger partial charge is 0.208 e. The Labute approximate surface area is 72.2 Å². The summed E-state index contributed by atoms with van der Waals surface area (Å²) in [6.45, 7) is 1.09. The Morgan fingerprint density at radius 3 is 3.08 bits per heavy atom. The minimum Gasteiger partial charge on any atom is -0.394 e. The Hall–Kier alpha value is -0.810. The highest BCUT2D eigenvalue weighted by atomic mass is 16.3. The Morgan fingerprint density at radius 2 is 2.58 bits per heavy atom. The van der Waals surface area contributed by atoms with E-state index in [1.54, 1.807) is 7.05 Å². The van der Waals surface area contributed by atoms with Crippen molar-refractivity contribution in [2.75, 3.05) is 20.2 Å². The van der Waals surface area contributed by atoms with Crippen LogP contribution in [0, 0.1) is 0 Å². The summed E-state index contributed by atoms with van der Waals surface area (Å²) >= 11 is 0. The number of nitrogens with one attached hydrogen (secondary N) is 1. The monoisotopic (exact) mass is 172 g/mol. The molecule has 4 N–H and O–H groups in total. The first-order valence-electron chi connectivity index (χ1n) is 4.14. The van der Waals surface area contributed by atoms with Gasteiger partial charge in [-0.25, -0.2) is 5.84 Å². The van der Waals surface area contributed by atoms with E-state index in [2.05, 4.69) is 10.4 Å². The van der Waals surface area contributed by atoms with Gasteiger partial charge in [-0.05, 0) is 12.8 Å². The van der Waals surface area contributed by atoms with E-state index in [9.17, 15) is 0 Å². The second kappa shape index (κ2) is 4.27. The van der Waals surface area contributed by atoms with Crippen molar-refractivity contribution in [3.05, 3.63) is 0 Å². The summed E-state index contributed by atoms with van der Waals surface area (Å²) in [6, 6.07) is 0.180. The number of rotatable bonds is 1.